The topological polar surface area (TPSA) is 65.0 Å². The van der Waals surface area contributed by atoms with Crippen LogP contribution in [-0.4, -0.2) is 31.2 Å². The maximum atomic E-state index is 13.8. The molecule has 0 saturated heterocycles. The summed E-state index contributed by atoms with van der Waals surface area (Å²) in [5.74, 6) is -0.979. The minimum absolute atomic E-state index is 0.000409. The lowest BCUT2D eigenvalue weighted by Gasteiger charge is -2.37. The highest BCUT2D eigenvalue weighted by atomic mass is 35.5. The average Bonchev–Trinajstić information content (AvgIpc) is 2.93. The van der Waals surface area contributed by atoms with Gasteiger partial charge in [0.05, 0.1) is 13.7 Å². The molecule has 1 heterocycles. The molecule has 3 atom stereocenters. The molecular weight excluding hydrogens is 498 g/mol. The van der Waals surface area contributed by atoms with Crippen LogP contribution in [0, 0.1) is 5.92 Å². The van der Waals surface area contributed by atoms with Crippen molar-refractivity contribution in [3.63, 3.8) is 0 Å². The molecule has 2 aliphatic rings. The van der Waals surface area contributed by atoms with Crippen molar-refractivity contribution >= 4 is 29.1 Å². The fourth-order valence-electron chi connectivity index (χ4n) is 5.60. The lowest BCUT2D eigenvalue weighted by atomic mass is 9.69. The molecule has 6 heteroatoms. The van der Waals surface area contributed by atoms with E-state index in [1.807, 2.05) is 85.8 Å². The van der Waals surface area contributed by atoms with E-state index in [-0.39, 0.29) is 24.3 Å². The molecule has 0 radical (unpaired) electrons. The summed E-state index contributed by atoms with van der Waals surface area (Å²) in [6.07, 6.45) is 1.57. The van der Waals surface area contributed by atoms with Crippen LogP contribution in [-0.2, 0) is 20.7 Å². The van der Waals surface area contributed by atoms with E-state index < -0.39 is 11.8 Å². The van der Waals surface area contributed by atoms with Crippen molar-refractivity contribution in [1.82, 2.24) is 0 Å². The number of para-hydroxylation sites is 1. The van der Waals surface area contributed by atoms with Crippen LogP contribution in [0.2, 0.25) is 5.02 Å². The number of Topliss-reactive ketones (excluding diaryl/α,β-unsaturated/α-hetero) is 1. The van der Waals surface area contributed by atoms with Gasteiger partial charge in [-0.15, -0.1) is 0 Å². The third-order valence-corrected chi connectivity index (χ3v) is 7.69. The van der Waals surface area contributed by atoms with Gasteiger partial charge in [-0.05, 0) is 48.6 Å². The predicted molar refractivity (Wildman–Crippen MR) is 149 cm³/mol. The van der Waals surface area contributed by atoms with Gasteiger partial charge < -0.3 is 9.47 Å². The monoisotopic (exact) mass is 527 g/mol. The summed E-state index contributed by atoms with van der Waals surface area (Å²) in [6, 6.07) is 25.1. The Hall–Kier alpha value is -3.70. The Morgan fingerprint density at radius 1 is 0.974 bits per heavy atom. The highest BCUT2D eigenvalue weighted by Gasteiger charge is 2.45. The molecule has 0 saturated carbocycles. The molecule has 1 aliphatic carbocycles. The van der Waals surface area contributed by atoms with E-state index in [4.69, 9.17) is 26.1 Å². The third-order valence-electron chi connectivity index (χ3n) is 7.44. The number of methoxy groups -OCH3 is 1. The molecule has 3 aromatic rings. The van der Waals surface area contributed by atoms with Crippen LogP contribution in [0.5, 0.6) is 5.75 Å². The summed E-state index contributed by atoms with van der Waals surface area (Å²) >= 11 is 6.09. The van der Waals surface area contributed by atoms with Crippen LogP contribution in [0.15, 0.2) is 95.1 Å². The fraction of sp³-hybridized carbons (Fsp3) is 0.281. The maximum absolute atomic E-state index is 13.8. The van der Waals surface area contributed by atoms with Gasteiger partial charge in [0.2, 0.25) is 0 Å². The largest absolute Gasteiger partial charge is 0.496 e. The first-order chi connectivity index (χ1) is 18.5. The van der Waals surface area contributed by atoms with Crippen molar-refractivity contribution < 1.29 is 19.1 Å². The van der Waals surface area contributed by atoms with Crippen molar-refractivity contribution in [2.75, 3.05) is 13.7 Å². The first-order valence-corrected chi connectivity index (χ1v) is 13.2. The van der Waals surface area contributed by atoms with Gasteiger partial charge in [0.1, 0.15) is 11.7 Å². The molecule has 0 amide bonds. The van der Waals surface area contributed by atoms with Crippen LogP contribution in [0.1, 0.15) is 48.3 Å². The molecule has 38 heavy (non-hydrogen) atoms. The number of carbonyl (C=O) groups is 2. The second-order valence-corrected chi connectivity index (χ2v) is 10.2. The Morgan fingerprint density at radius 3 is 2.42 bits per heavy atom. The van der Waals surface area contributed by atoms with E-state index in [1.54, 1.807) is 7.11 Å². The fourth-order valence-corrected chi connectivity index (χ4v) is 5.72. The summed E-state index contributed by atoms with van der Waals surface area (Å²) in [4.78, 5) is 32.2. The summed E-state index contributed by atoms with van der Waals surface area (Å²) in [5.41, 5.74) is 4.92. The van der Waals surface area contributed by atoms with Crippen molar-refractivity contribution in [1.29, 1.82) is 0 Å². The molecule has 194 valence electrons. The first-order valence-electron chi connectivity index (χ1n) is 12.9. The number of carbonyl (C=O) groups excluding carboxylic acids is 2. The van der Waals surface area contributed by atoms with Gasteiger partial charge in [0, 0.05) is 46.3 Å². The smallest absolute Gasteiger partial charge is 0.315 e. The number of halogens is 1. The van der Waals surface area contributed by atoms with Crippen molar-refractivity contribution in [2.24, 2.45) is 10.9 Å². The zero-order valence-electron chi connectivity index (χ0n) is 21.5. The van der Waals surface area contributed by atoms with Gasteiger partial charge in [0.15, 0.2) is 5.78 Å². The molecule has 1 unspecified atom stereocenters. The maximum Gasteiger partial charge on any atom is 0.315 e. The number of aliphatic imine (C=N–C) groups is 1. The van der Waals surface area contributed by atoms with Crippen LogP contribution < -0.4 is 4.74 Å². The van der Waals surface area contributed by atoms with Crippen molar-refractivity contribution in [3.8, 4) is 5.75 Å². The molecule has 1 aliphatic heterocycles. The SMILES string of the molecule is COc1ccccc1[C@H]1C2=C(C[C@H](c3ccc(Cl)cc3)CC2=O)N=C(C)C1C(=O)OCCc1ccccc1. The predicted octanol–water partition coefficient (Wildman–Crippen LogP) is 6.71. The number of ether oxygens (including phenoxy) is 2. The molecule has 5 nitrogen and oxygen atoms in total. The number of ketones is 1. The standard InChI is InChI=1S/C32H30ClNO4/c1-20-29(32(36)38-17-16-21-8-4-3-5-9-21)30(25-10-6-7-11-28(25)37-2)31-26(34-20)18-23(19-27(31)35)22-12-14-24(33)15-13-22/h3-15,23,29-30H,16-19H2,1-2H3/t23-,29?,30+/m0/s1. The number of esters is 1. The molecule has 0 fully saturated rings. The average molecular weight is 528 g/mol. The van der Waals surface area contributed by atoms with Crippen LogP contribution in [0.3, 0.4) is 0 Å². The summed E-state index contributed by atoms with van der Waals surface area (Å²) in [7, 11) is 1.60. The Morgan fingerprint density at radius 2 is 1.68 bits per heavy atom. The molecule has 5 rings (SSSR count). The van der Waals surface area contributed by atoms with Gasteiger partial charge in [-0.25, -0.2) is 0 Å². The number of benzene rings is 3. The number of hydrogen-bond donors (Lipinski definition) is 0. The molecule has 0 bridgehead atoms. The van der Waals surface area contributed by atoms with Crippen molar-refractivity contribution in [3.05, 3.63) is 112 Å². The normalized spacial score (nSPS) is 21.0. The zero-order chi connectivity index (χ0) is 26.6. The first kappa shape index (κ1) is 25.9. The molecule has 0 spiro atoms. The summed E-state index contributed by atoms with van der Waals surface area (Å²) < 4.78 is 11.5. The second-order valence-electron chi connectivity index (χ2n) is 9.79. The van der Waals surface area contributed by atoms with E-state index in [0.717, 1.165) is 22.4 Å². The lowest BCUT2D eigenvalue weighted by molar-refractivity contribution is -0.146. The summed E-state index contributed by atoms with van der Waals surface area (Å²) in [5, 5.41) is 0.659. The van der Waals surface area contributed by atoms with E-state index in [9.17, 15) is 9.59 Å². The van der Waals surface area contributed by atoms with Gasteiger partial charge in [0.25, 0.3) is 0 Å². The minimum Gasteiger partial charge on any atom is -0.496 e. The highest BCUT2D eigenvalue weighted by Crippen LogP contribution is 2.48. The van der Waals surface area contributed by atoms with Crippen LogP contribution in [0.25, 0.3) is 0 Å². The van der Waals surface area contributed by atoms with Crippen molar-refractivity contribution in [2.45, 2.75) is 38.0 Å². The number of rotatable bonds is 7. The molecular formula is C32H30ClNO4. The number of allylic oxidation sites excluding steroid dienone is 2. The Labute approximate surface area is 228 Å². The van der Waals surface area contributed by atoms with Gasteiger partial charge in [-0.1, -0.05) is 72.3 Å². The Bertz CT molecular complexity index is 1390. The molecule has 0 N–H and O–H groups in total. The number of nitrogens with zero attached hydrogens (tertiary/aromatic N) is 1. The molecule has 3 aromatic carbocycles. The minimum atomic E-state index is -0.711. The van der Waals surface area contributed by atoms with E-state index >= 15 is 0 Å². The van der Waals surface area contributed by atoms with E-state index in [1.165, 1.54) is 0 Å². The highest BCUT2D eigenvalue weighted by molar-refractivity contribution is 6.30. The summed E-state index contributed by atoms with van der Waals surface area (Å²) in [6.45, 7) is 2.11. The zero-order valence-corrected chi connectivity index (χ0v) is 22.3. The Balaban J connectivity index is 1.49. The van der Waals surface area contributed by atoms with Crippen LogP contribution in [0.4, 0.5) is 0 Å². The quantitative estimate of drug-likeness (QED) is 0.320. The molecule has 0 aromatic heterocycles. The van der Waals surface area contributed by atoms with E-state index in [0.29, 0.717) is 41.3 Å². The van der Waals surface area contributed by atoms with Crippen LogP contribution >= 0.6 is 11.6 Å². The second kappa shape index (κ2) is 11.4. The van der Waals surface area contributed by atoms with E-state index in [2.05, 4.69) is 0 Å². The van der Waals surface area contributed by atoms with Gasteiger partial charge in [-0.3, -0.25) is 14.6 Å². The third kappa shape index (κ3) is 5.30. The van der Waals surface area contributed by atoms with Gasteiger partial charge in [-0.2, -0.15) is 0 Å². The number of hydrogen-bond acceptors (Lipinski definition) is 5. The van der Waals surface area contributed by atoms with Gasteiger partial charge >= 0.3 is 5.97 Å². The Kier molecular flexibility index (Phi) is 7.75. The lowest BCUT2D eigenvalue weighted by Crippen LogP contribution is -2.38.